The van der Waals surface area contributed by atoms with Crippen molar-refractivity contribution in [1.29, 1.82) is 0 Å². The van der Waals surface area contributed by atoms with Gasteiger partial charge in [0.05, 0.1) is 11.0 Å². The van der Waals surface area contributed by atoms with Crippen molar-refractivity contribution in [3.8, 4) is 0 Å². The number of nitrogens with one attached hydrogen (secondary N) is 1. The summed E-state index contributed by atoms with van der Waals surface area (Å²) in [5.74, 6) is -0.776. The topological polar surface area (TPSA) is 92.4 Å². The summed E-state index contributed by atoms with van der Waals surface area (Å²) >= 11 is 0. The zero-order valence-electron chi connectivity index (χ0n) is 10.3. The van der Waals surface area contributed by atoms with Crippen LogP contribution in [0.25, 0.3) is 0 Å². The molecule has 0 heterocycles. The van der Waals surface area contributed by atoms with Gasteiger partial charge >= 0.3 is 0 Å². The van der Waals surface area contributed by atoms with E-state index < -0.39 is 21.9 Å². The van der Waals surface area contributed by atoms with Gasteiger partial charge < -0.3 is 10.8 Å². The van der Waals surface area contributed by atoms with Crippen LogP contribution in [0.5, 0.6) is 0 Å². The summed E-state index contributed by atoms with van der Waals surface area (Å²) in [7, 11) is -3.80. The maximum atomic E-state index is 13.1. The normalized spacial score (nSPS) is 23.7. The maximum absolute atomic E-state index is 13.1. The number of aliphatic hydroxyl groups is 1. The third-order valence-electron chi connectivity index (χ3n) is 3.36. The van der Waals surface area contributed by atoms with E-state index >= 15 is 0 Å². The lowest BCUT2D eigenvalue weighted by Gasteiger charge is -2.15. The van der Waals surface area contributed by atoms with Crippen LogP contribution in [0.4, 0.5) is 10.1 Å². The molecule has 0 bridgehead atoms. The van der Waals surface area contributed by atoms with Crippen LogP contribution < -0.4 is 10.5 Å². The van der Waals surface area contributed by atoms with E-state index in [1.807, 2.05) is 0 Å². The Morgan fingerprint density at radius 1 is 1.37 bits per heavy atom. The molecular weight excluding hydrogens is 271 g/mol. The Bertz CT molecular complexity index is 542. The smallest absolute Gasteiger partial charge is 0.240 e. The van der Waals surface area contributed by atoms with Crippen molar-refractivity contribution in [2.45, 2.75) is 30.3 Å². The van der Waals surface area contributed by atoms with Crippen molar-refractivity contribution in [1.82, 2.24) is 4.72 Å². The van der Waals surface area contributed by atoms with Crippen LogP contribution in [0.2, 0.25) is 0 Å². The summed E-state index contributed by atoms with van der Waals surface area (Å²) in [5.41, 5.74) is 5.48. The highest BCUT2D eigenvalue weighted by molar-refractivity contribution is 7.89. The third-order valence-corrected chi connectivity index (χ3v) is 4.76. The molecule has 0 saturated heterocycles. The number of hydrogen-bond acceptors (Lipinski definition) is 4. The molecular formula is C12H17FN2O3S. The predicted molar refractivity (Wildman–Crippen MR) is 69.3 cm³/mol. The number of anilines is 1. The number of aliphatic hydroxyl groups excluding tert-OH is 1. The minimum absolute atomic E-state index is 0.0567. The zero-order valence-corrected chi connectivity index (χ0v) is 11.2. The van der Waals surface area contributed by atoms with Crippen molar-refractivity contribution in [3.63, 3.8) is 0 Å². The first-order chi connectivity index (χ1) is 8.88. The molecule has 2 atom stereocenters. The average molecular weight is 288 g/mol. The minimum Gasteiger partial charge on any atom is -0.399 e. The van der Waals surface area contributed by atoms with Crippen LogP contribution in [0.15, 0.2) is 23.1 Å². The number of nitrogens with two attached hydrogens (primary N) is 1. The van der Waals surface area contributed by atoms with Gasteiger partial charge in [0.2, 0.25) is 10.0 Å². The molecule has 1 aromatic carbocycles. The SMILES string of the molecule is Nc1cc(F)cc(S(=O)(=O)NCC2CCCC2O)c1. The first kappa shape index (κ1) is 14.2. The molecule has 1 aliphatic carbocycles. The molecule has 1 aromatic rings. The number of halogens is 1. The van der Waals surface area contributed by atoms with Crippen LogP contribution in [-0.2, 0) is 10.0 Å². The molecule has 0 aliphatic heterocycles. The van der Waals surface area contributed by atoms with Gasteiger partial charge in [0, 0.05) is 12.2 Å². The summed E-state index contributed by atoms with van der Waals surface area (Å²) in [5, 5.41) is 9.63. The average Bonchev–Trinajstić information content (AvgIpc) is 2.71. The maximum Gasteiger partial charge on any atom is 0.240 e. The minimum atomic E-state index is -3.80. The molecule has 0 spiro atoms. The highest BCUT2D eigenvalue weighted by atomic mass is 32.2. The van der Waals surface area contributed by atoms with Gasteiger partial charge in [-0.2, -0.15) is 0 Å². The van der Waals surface area contributed by atoms with Crippen molar-refractivity contribution < 1.29 is 17.9 Å². The summed E-state index contributed by atoms with van der Waals surface area (Å²) in [6.07, 6.45) is 1.90. The molecule has 106 valence electrons. The van der Waals surface area contributed by atoms with E-state index in [9.17, 15) is 17.9 Å². The number of benzene rings is 1. The Labute approximate surface area is 111 Å². The molecule has 5 nitrogen and oxygen atoms in total. The fourth-order valence-electron chi connectivity index (χ4n) is 2.29. The van der Waals surface area contributed by atoms with E-state index in [0.717, 1.165) is 25.0 Å². The van der Waals surface area contributed by atoms with Crippen LogP contribution >= 0.6 is 0 Å². The Morgan fingerprint density at radius 3 is 2.68 bits per heavy atom. The van der Waals surface area contributed by atoms with Crippen LogP contribution in [0.3, 0.4) is 0 Å². The summed E-state index contributed by atoms with van der Waals surface area (Å²) in [6, 6.07) is 3.18. The van der Waals surface area contributed by atoms with Gasteiger partial charge in [-0.15, -0.1) is 0 Å². The van der Waals surface area contributed by atoms with E-state index in [1.165, 1.54) is 6.07 Å². The summed E-state index contributed by atoms with van der Waals surface area (Å²) in [4.78, 5) is -0.197. The van der Waals surface area contributed by atoms with Gasteiger partial charge in [-0.25, -0.2) is 17.5 Å². The number of rotatable bonds is 4. The third kappa shape index (κ3) is 3.43. The molecule has 1 fully saturated rings. The quantitative estimate of drug-likeness (QED) is 0.716. The standard InChI is InChI=1S/C12H17FN2O3S/c13-9-4-10(14)6-11(5-9)19(17,18)15-7-8-2-1-3-12(8)16/h4-6,8,12,15-16H,1-3,7,14H2. The second kappa shape index (κ2) is 5.44. The van der Waals surface area contributed by atoms with Crippen molar-refractivity contribution in [3.05, 3.63) is 24.0 Å². The molecule has 2 unspecified atom stereocenters. The van der Waals surface area contributed by atoms with E-state index in [-0.39, 0.29) is 23.0 Å². The molecule has 1 aliphatic rings. The fourth-order valence-corrected chi connectivity index (χ4v) is 3.45. The Morgan fingerprint density at radius 2 is 2.11 bits per heavy atom. The second-order valence-corrected chi connectivity index (χ2v) is 6.60. The first-order valence-electron chi connectivity index (χ1n) is 6.12. The lowest BCUT2D eigenvalue weighted by Crippen LogP contribution is -2.32. The van der Waals surface area contributed by atoms with Gasteiger partial charge in [-0.3, -0.25) is 0 Å². The largest absolute Gasteiger partial charge is 0.399 e. The number of hydrogen-bond donors (Lipinski definition) is 3. The Balaban J connectivity index is 2.09. The van der Waals surface area contributed by atoms with E-state index in [0.29, 0.717) is 6.42 Å². The Hall–Kier alpha value is -1.18. The first-order valence-corrected chi connectivity index (χ1v) is 7.60. The molecule has 2 rings (SSSR count). The molecule has 0 amide bonds. The monoisotopic (exact) mass is 288 g/mol. The molecule has 4 N–H and O–H groups in total. The van der Waals surface area contributed by atoms with Crippen LogP contribution in [0, 0.1) is 11.7 Å². The molecule has 7 heteroatoms. The molecule has 19 heavy (non-hydrogen) atoms. The fraction of sp³-hybridized carbons (Fsp3) is 0.500. The van der Waals surface area contributed by atoms with E-state index in [2.05, 4.69) is 4.72 Å². The van der Waals surface area contributed by atoms with E-state index in [1.54, 1.807) is 0 Å². The number of nitrogen functional groups attached to an aromatic ring is 1. The van der Waals surface area contributed by atoms with Crippen molar-refractivity contribution >= 4 is 15.7 Å². The van der Waals surface area contributed by atoms with Crippen molar-refractivity contribution in [2.75, 3.05) is 12.3 Å². The predicted octanol–water partition coefficient (Wildman–Crippen LogP) is 0.847. The van der Waals surface area contributed by atoms with Crippen LogP contribution in [0.1, 0.15) is 19.3 Å². The second-order valence-electron chi connectivity index (χ2n) is 4.83. The van der Waals surface area contributed by atoms with Gasteiger partial charge in [-0.1, -0.05) is 6.42 Å². The van der Waals surface area contributed by atoms with Gasteiger partial charge in [-0.05, 0) is 37.0 Å². The molecule has 0 radical (unpaired) electrons. The number of sulfonamides is 1. The zero-order chi connectivity index (χ0) is 14.0. The van der Waals surface area contributed by atoms with Gasteiger partial charge in [0.15, 0.2) is 0 Å². The summed E-state index contributed by atoms with van der Waals surface area (Å²) < 4.78 is 39.5. The Kier molecular flexibility index (Phi) is 4.07. The highest BCUT2D eigenvalue weighted by Gasteiger charge is 2.27. The van der Waals surface area contributed by atoms with Crippen molar-refractivity contribution in [2.24, 2.45) is 5.92 Å². The van der Waals surface area contributed by atoms with Gasteiger partial charge in [0.25, 0.3) is 0 Å². The lowest BCUT2D eigenvalue weighted by molar-refractivity contribution is 0.134. The van der Waals surface area contributed by atoms with Crippen LogP contribution in [-0.4, -0.2) is 26.2 Å². The highest BCUT2D eigenvalue weighted by Crippen LogP contribution is 2.25. The summed E-state index contributed by atoms with van der Waals surface area (Å²) in [6.45, 7) is 0.153. The lowest BCUT2D eigenvalue weighted by atomic mass is 10.1. The molecule has 0 aromatic heterocycles. The van der Waals surface area contributed by atoms with Gasteiger partial charge in [0.1, 0.15) is 5.82 Å². The van der Waals surface area contributed by atoms with E-state index in [4.69, 9.17) is 5.73 Å². The molecule has 1 saturated carbocycles.